The Morgan fingerprint density at radius 2 is 1.67 bits per heavy atom. The van der Waals surface area contributed by atoms with Gasteiger partial charge in [0, 0.05) is 11.2 Å². The smallest absolute Gasteiger partial charge is 0.272 e. The molecular formula is C16H20N4O. The van der Waals surface area contributed by atoms with Gasteiger partial charge in [-0.3, -0.25) is 4.79 Å². The van der Waals surface area contributed by atoms with E-state index in [9.17, 15) is 4.79 Å². The van der Waals surface area contributed by atoms with Gasteiger partial charge in [0.05, 0.1) is 0 Å². The Bertz CT molecular complexity index is 612. The molecule has 2 aromatic rings. The Labute approximate surface area is 124 Å². The molecule has 5 heteroatoms. The second kappa shape index (κ2) is 5.91. The monoisotopic (exact) mass is 284 g/mol. The standard InChI is InChI=1S/C16H20N4O/c1-11-5-7-12(8-6-11)17-14-10-9-13(19-20-14)15(21)18-16(2,3)4/h5-10H,1-4H3,(H,17,20)(H,18,21). The number of benzene rings is 1. The quantitative estimate of drug-likeness (QED) is 0.909. The fourth-order valence-corrected chi connectivity index (χ4v) is 1.71. The van der Waals surface area contributed by atoms with E-state index in [1.54, 1.807) is 12.1 Å². The van der Waals surface area contributed by atoms with Crippen LogP contribution in [0.2, 0.25) is 0 Å². The highest BCUT2D eigenvalue weighted by Crippen LogP contribution is 2.14. The van der Waals surface area contributed by atoms with E-state index in [2.05, 4.69) is 20.8 Å². The summed E-state index contributed by atoms with van der Waals surface area (Å²) in [5.74, 6) is 0.378. The molecule has 1 heterocycles. The van der Waals surface area contributed by atoms with Gasteiger partial charge in [-0.1, -0.05) is 17.7 Å². The maximum atomic E-state index is 11.9. The maximum absolute atomic E-state index is 11.9. The number of aryl methyl sites for hydroxylation is 1. The lowest BCUT2D eigenvalue weighted by molar-refractivity contribution is 0.0913. The highest BCUT2D eigenvalue weighted by Gasteiger charge is 2.16. The number of hydrogen-bond donors (Lipinski definition) is 2. The minimum absolute atomic E-state index is 0.225. The molecule has 1 amide bonds. The Hall–Kier alpha value is -2.43. The zero-order chi connectivity index (χ0) is 15.5. The third-order valence-electron chi connectivity index (χ3n) is 2.71. The van der Waals surface area contributed by atoms with Crippen molar-refractivity contribution in [2.45, 2.75) is 33.2 Å². The van der Waals surface area contributed by atoms with E-state index in [0.717, 1.165) is 5.69 Å². The van der Waals surface area contributed by atoms with Crippen molar-refractivity contribution in [3.63, 3.8) is 0 Å². The number of aromatic nitrogens is 2. The minimum Gasteiger partial charge on any atom is -0.346 e. The molecule has 2 rings (SSSR count). The first kappa shape index (κ1) is 15.0. The van der Waals surface area contributed by atoms with Crippen molar-refractivity contribution >= 4 is 17.4 Å². The van der Waals surface area contributed by atoms with Gasteiger partial charge in [-0.25, -0.2) is 0 Å². The Balaban J connectivity index is 2.05. The molecule has 0 atom stereocenters. The van der Waals surface area contributed by atoms with Crippen LogP contribution in [0.4, 0.5) is 11.5 Å². The zero-order valence-electron chi connectivity index (χ0n) is 12.8. The van der Waals surface area contributed by atoms with Crippen molar-refractivity contribution in [2.24, 2.45) is 0 Å². The van der Waals surface area contributed by atoms with E-state index in [0.29, 0.717) is 11.5 Å². The molecule has 0 unspecified atom stereocenters. The average Bonchev–Trinajstić information content (AvgIpc) is 2.40. The number of amides is 1. The Morgan fingerprint density at radius 3 is 2.19 bits per heavy atom. The molecular weight excluding hydrogens is 264 g/mol. The number of carbonyl (C=O) groups is 1. The first-order valence-electron chi connectivity index (χ1n) is 6.83. The number of nitrogens with zero attached hydrogens (tertiary/aromatic N) is 2. The summed E-state index contributed by atoms with van der Waals surface area (Å²) < 4.78 is 0. The fraction of sp³-hybridized carbons (Fsp3) is 0.312. The number of hydrogen-bond acceptors (Lipinski definition) is 4. The lowest BCUT2D eigenvalue weighted by Gasteiger charge is -2.19. The van der Waals surface area contributed by atoms with Crippen LogP contribution in [0.3, 0.4) is 0 Å². The molecule has 1 aromatic carbocycles. The highest BCUT2D eigenvalue weighted by atomic mass is 16.2. The minimum atomic E-state index is -0.294. The normalized spacial score (nSPS) is 11.0. The van der Waals surface area contributed by atoms with Crippen molar-refractivity contribution in [2.75, 3.05) is 5.32 Å². The van der Waals surface area contributed by atoms with Crippen molar-refractivity contribution in [3.05, 3.63) is 47.7 Å². The van der Waals surface area contributed by atoms with Crippen LogP contribution in [0, 0.1) is 6.92 Å². The number of anilines is 2. The molecule has 0 aliphatic carbocycles. The van der Waals surface area contributed by atoms with Gasteiger partial charge in [0.25, 0.3) is 5.91 Å². The van der Waals surface area contributed by atoms with Gasteiger partial charge in [0.1, 0.15) is 0 Å². The van der Waals surface area contributed by atoms with Gasteiger partial charge in [0.2, 0.25) is 0 Å². The van der Waals surface area contributed by atoms with Crippen molar-refractivity contribution in [3.8, 4) is 0 Å². The molecule has 110 valence electrons. The Kier molecular flexibility index (Phi) is 4.21. The van der Waals surface area contributed by atoms with Crippen LogP contribution in [0.15, 0.2) is 36.4 Å². The predicted molar refractivity (Wildman–Crippen MR) is 83.7 cm³/mol. The van der Waals surface area contributed by atoms with Crippen LogP contribution < -0.4 is 10.6 Å². The molecule has 0 aliphatic heterocycles. The number of carbonyl (C=O) groups excluding carboxylic acids is 1. The van der Waals surface area contributed by atoms with Gasteiger partial charge >= 0.3 is 0 Å². The SMILES string of the molecule is Cc1ccc(Nc2ccc(C(=O)NC(C)(C)C)nn2)cc1. The Morgan fingerprint density at radius 1 is 1.00 bits per heavy atom. The van der Waals surface area contributed by atoms with Gasteiger partial charge in [-0.2, -0.15) is 0 Å². The molecule has 5 nitrogen and oxygen atoms in total. The molecule has 0 fully saturated rings. The van der Waals surface area contributed by atoms with E-state index in [-0.39, 0.29) is 11.4 Å². The van der Waals surface area contributed by atoms with Crippen LogP contribution in [-0.2, 0) is 0 Å². The van der Waals surface area contributed by atoms with Crippen molar-refractivity contribution in [1.82, 2.24) is 15.5 Å². The zero-order valence-corrected chi connectivity index (χ0v) is 12.8. The van der Waals surface area contributed by atoms with E-state index in [1.165, 1.54) is 5.56 Å². The molecule has 0 aliphatic rings. The number of rotatable bonds is 3. The molecule has 1 aromatic heterocycles. The third kappa shape index (κ3) is 4.56. The second-order valence-electron chi connectivity index (χ2n) is 6.00. The van der Waals surface area contributed by atoms with Crippen LogP contribution in [0.25, 0.3) is 0 Å². The molecule has 0 saturated carbocycles. The summed E-state index contributed by atoms with van der Waals surface area (Å²) in [5, 5.41) is 14.0. The maximum Gasteiger partial charge on any atom is 0.272 e. The van der Waals surface area contributed by atoms with Crippen LogP contribution in [0.1, 0.15) is 36.8 Å². The van der Waals surface area contributed by atoms with Crippen molar-refractivity contribution in [1.29, 1.82) is 0 Å². The molecule has 0 spiro atoms. The first-order chi connectivity index (χ1) is 9.83. The molecule has 0 saturated heterocycles. The molecule has 2 N–H and O–H groups in total. The lowest BCUT2D eigenvalue weighted by Crippen LogP contribution is -2.41. The number of nitrogens with one attached hydrogen (secondary N) is 2. The highest BCUT2D eigenvalue weighted by molar-refractivity contribution is 5.92. The summed E-state index contributed by atoms with van der Waals surface area (Å²) >= 11 is 0. The van der Waals surface area contributed by atoms with E-state index < -0.39 is 0 Å². The van der Waals surface area contributed by atoms with Gasteiger partial charge in [-0.05, 0) is 52.0 Å². The summed E-state index contributed by atoms with van der Waals surface area (Å²) in [6.45, 7) is 7.80. The summed E-state index contributed by atoms with van der Waals surface area (Å²) in [5.41, 5.74) is 2.14. The summed E-state index contributed by atoms with van der Waals surface area (Å²) in [4.78, 5) is 11.9. The van der Waals surface area contributed by atoms with E-state index in [1.807, 2.05) is 52.0 Å². The van der Waals surface area contributed by atoms with Crippen LogP contribution in [-0.4, -0.2) is 21.6 Å². The lowest BCUT2D eigenvalue weighted by atomic mass is 10.1. The second-order valence-corrected chi connectivity index (χ2v) is 6.00. The van der Waals surface area contributed by atoms with E-state index in [4.69, 9.17) is 0 Å². The summed E-state index contributed by atoms with van der Waals surface area (Å²) in [7, 11) is 0. The third-order valence-corrected chi connectivity index (χ3v) is 2.71. The topological polar surface area (TPSA) is 66.9 Å². The van der Waals surface area contributed by atoms with E-state index >= 15 is 0 Å². The largest absolute Gasteiger partial charge is 0.346 e. The van der Waals surface area contributed by atoms with Crippen molar-refractivity contribution < 1.29 is 4.79 Å². The van der Waals surface area contributed by atoms with Crippen LogP contribution in [0.5, 0.6) is 0 Å². The fourth-order valence-electron chi connectivity index (χ4n) is 1.71. The molecule has 0 bridgehead atoms. The summed E-state index contributed by atoms with van der Waals surface area (Å²) in [6.07, 6.45) is 0. The van der Waals surface area contributed by atoms with Gasteiger partial charge in [-0.15, -0.1) is 10.2 Å². The predicted octanol–water partition coefficient (Wildman–Crippen LogP) is 3.06. The molecule has 0 radical (unpaired) electrons. The summed E-state index contributed by atoms with van der Waals surface area (Å²) in [6, 6.07) is 11.4. The molecule has 21 heavy (non-hydrogen) atoms. The van der Waals surface area contributed by atoms with Gasteiger partial charge < -0.3 is 10.6 Å². The first-order valence-corrected chi connectivity index (χ1v) is 6.83. The van der Waals surface area contributed by atoms with Gasteiger partial charge in [0.15, 0.2) is 11.5 Å². The average molecular weight is 284 g/mol. The van der Waals surface area contributed by atoms with Crippen LogP contribution >= 0.6 is 0 Å².